The topological polar surface area (TPSA) is 113 Å². The van der Waals surface area contributed by atoms with E-state index in [1.165, 1.54) is 0 Å². The molecule has 1 heterocycles. The zero-order valence-electron chi connectivity index (χ0n) is 23.1. The molecular weight excluding hydrogens is 583 g/mol. The fraction of sp³-hybridized carbons (Fsp3) is 0.355. The van der Waals surface area contributed by atoms with Gasteiger partial charge in [-0.25, -0.2) is 13.1 Å². The van der Waals surface area contributed by atoms with Crippen molar-refractivity contribution in [2.75, 3.05) is 0 Å². The number of hydrogen-bond acceptors (Lipinski definition) is 4. The number of aliphatic carboxylic acids is 1. The Kier molecular flexibility index (Phi) is 9.80. The van der Waals surface area contributed by atoms with E-state index in [0.717, 1.165) is 16.7 Å². The molecular formula is C31H34Cl2N2O5S. The summed E-state index contributed by atoms with van der Waals surface area (Å²) >= 11 is 12.5. The van der Waals surface area contributed by atoms with Crippen molar-refractivity contribution in [1.29, 1.82) is 0 Å². The molecule has 10 heteroatoms. The molecule has 0 aromatic heterocycles. The molecule has 41 heavy (non-hydrogen) atoms. The molecule has 6 unspecified atom stereocenters. The van der Waals surface area contributed by atoms with Crippen molar-refractivity contribution in [2.45, 2.75) is 56.5 Å². The number of sulfonamides is 1. The molecule has 1 fully saturated rings. The van der Waals surface area contributed by atoms with Gasteiger partial charge in [-0.3, -0.25) is 9.59 Å². The molecule has 3 N–H and O–H groups in total. The summed E-state index contributed by atoms with van der Waals surface area (Å²) in [7, 11) is -3.90. The number of hydrogen-bond donors (Lipinski definition) is 3. The minimum absolute atomic E-state index is 0.154. The molecule has 4 rings (SSSR count). The molecule has 0 aliphatic carbocycles. The maximum atomic E-state index is 13.5. The lowest BCUT2D eigenvalue weighted by Crippen LogP contribution is -2.54. The molecule has 218 valence electrons. The molecule has 0 spiro atoms. The van der Waals surface area contributed by atoms with Crippen LogP contribution < -0.4 is 10.0 Å². The van der Waals surface area contributed by atoms with Crippen LogP contribution >= 0.6 is 23.2 Å². The monoisotopic (exact) mass is 616 g/mol. The number of benzene rings is 3. The number of rotatable bonds is 10. The fourth-order valence-electron chi connectivity index (χ4n) is 5.64. The molecule has 0 radical (unpaired) electrons. The highest BCUT2D eigenvalue weighted by molar-refractivity contribution is 7.89. The Balaban J connectivity index is 1.71. The molecule has 1 saturated heterocycles. The van der Waals surface area contributed by atoms with Crippen LogP contribution in [-0.2, 0) is 19.6 Å². The van der Waals surface area contributed by atoms with E-state index in [0.29, 0.717) is 16.5 Å². The number of carbonyl (C=O) groups excluding carboxylic acids is 1. The van der Waals surface area contributed by atoms with E-state index in [1.54, 1.807) is 54.6 Å². The average molecular weight is 618 g/mol. The largest absolute Gasteiger partial charge is 0.481 e. The molecule has 1 aliphatic heterocycles. The summed E-state index contributed by atoms with van der Waals surface area (Å²) in [6.45, 7) is 5.82. The van der Waals surface area contributed by atoms with Gasteiger partial charge < -0.3 is 10.4 Å². The summed E-state index contributed by atoms with van der Waals surface area (Å²) in [5, 5.41) is 13.6. The average Bonchev–Trinajstić information content (AvgIpc) is 2.92. The summed E-state index contributed by atoms with van der Waals surface area (Å²) in [4.78, 5) is 24.8. The summed E-state index contributed by atoms with van der Waals surface area (Å²) in [6, 6.07) is 20.0. The predicted octanol–water partition coefficient (Wildman–Crippen LogP) is 6.36. The highest BCUT2D eigenvalue weighted by Gasteiger charge is 2.43. The van der Waals surface area contributed by atoms with Crippen LogP contribution in [0.4, 0.5) is 0 Å². The van der Waals surface area contributed by atoms with Gasteiger partial charge in [0.25, 0.3) is 0 Å². The van der Waals surface area contributed by atoms with Crippen molar-refractivity contribution in [3.63, 3.8) is 0 Å². The van der Waals surface area contributed by atoms with Gasteiger partial charge in [-0.15, -0.1) is 0 Å². The number of amides is 1. The fourth-order valence-corrected chi connectivity index (χ4v) is 7.28. The van der Waals surface area contributed by atoms with Crippen LogP contribution in [0.15, 0.2) is 77.7 Å². The van der Waals surface area contributed by atoms with Crippen LogP contribution in [0.25, 0.3) is 0 Å². The van der Waals surface area contributed by atoms with Gasteiger partial charge in [-0.2, -0.15) is 0 Å². The molecule has 1 amide bonds. The van der Waals surface area contributed by atoms with Crippen molar-refractivity contribution in [2.24, 2.45) is 17.8 Å². The molecule has 0 bridgehead atoms. The van der Waals surface area contributed by atoms with Crippen LogP contribution in [0.2, 0.25) is 10.0 Å². The lowest BCUT2D eigenvalue weighted by molar-refractivity contribution is -0.142. The first-order valence-electron chi connectivity index (χ1n) is 13.5. The quantitative estimate of drug-likeness (QED) is 0.245. The Labute approximate surface area is 251 Å². The Morgan fingerprint density at radius 3 is 2.29 bits per heavy atom. The standard InChI is InChI=1S/C31H34Cl2N2O5S/c1-18-7-13-26(14-8-18)41(39,40)35-29(21-9-11-24(32)12-10-21)19(2)20(3)30-27(22-5-4-6-25(33)15-22)16-23(17-28(36)37)31(38)34-30/h4-15,19-20,23,27,29-30,35H,16-17H2,1-3H3,(H,34,38)(H,36,37). The van der Waals surface area contributed by atoms with Crippen LogP contribution in [0.3, 0.4) is 0 Å². The summed E-state index contributed by atoms with van der Waals surface area (Å²) in [5.74, 6) is -2.83. The lowest BCUT2D eigenvalue weighted by Gasteiger charge is -2.43. The number of carbonyl (C=O) groups is 2. The van der Waals surface area contributed by atoms with Gasteiger partial charge >= 0.3 is 5.97 Å². The summed E-state index contributed by atoms with van der Waals surface area (Å²) in [5.41, 5.74) is 2.57. The van der Waals surface area contributed by atoms with Gasteiger partial charge in [0.05, 0.1) is 11.3 Å². The van der Waals surface area contributed by atoms with Gasteiger partial charge in [0.15, 0.2) is 0 Å². The normalized spacial score (nSPS) is 21.5. The van der Waals surface area contributed by atoms with E-state index in [9.17, 15) is 23.1 Å². The molecule has 3 aromatic rings. The van der Waals surface area contributed by atoms with Crippen LogP contribution in [0, 0.1) is 24.7 Å². The highest BCUT2D eigenvalue weighted by atomic mass is 35.5. The second kappa shape index (κ2) is 12.9. The van der Waals surface area contributed by atoms with E-state index in [4.69, 9.17) is 23.2 Å². The number of carboxylic acids is 1. The second-order valence-corrected chi connectivity index (χ2v) is 13.5. The van der Waals surface area contributed by atoms with Gasteiger partial charge in [-0.1, -0.05) is 79.0 Å². The summed E-state index contributed by atoms with van der Waals surface area (Å²) in [6.07, 6.45) is 0.0597. The third-order valence-electron chi connectivity index (χ3n) is 8.11. The first kappa shape index (κ1) is 31.0. The molecule has 6 atom stereocenters. The predicted molar refractivity (Wildman–Crippen MR) is 161 cm³/mol. The van der Waals surface area contributed by atoms with Gasteiger partial charge in [-0.05, 0) is 72.7 Å². The lowest BCUT2D eigenvalue weighted by atomic mass is 9.70. The minimum atomic E-state index is -3.90. The number of aryl methyl sites for hydroxylation is 1. The Morgan fingerprint density at radius 1 is 1.02 bits per heavy atom. The van der Waals surface area contributed by atoms with Gasteiger partial charge in [0, 0.05) is 34.0 Å². The van der Waals surface area contributed by atoms with Gasteiger partial charge in [0.2, 0.25) is 15.9 Å². The zero-order chi connectivity index (χ0) is 29.9. The first-order chi connectivity index (χ1) is 19.4. The van der Waals surface area contributed by atoms with Crippen LogP contribution in [0.5, 0.6) is 0 Å². The zero-order valence-corrected chi connectivity index (χ0v) is 25.4. The molecule has 1 aliphatic rings. The van der Waals surface area contributed by atoms with Crippen molar-refractivity contribution in [3.8, 4) is 0 Å². The SMILES string of the molecule is Cc1ccc(S(=O)(=O)NC(c2ccc(Cl)cc2)C(C)C(C)C2NC(=O)C(CC(=O)O)CC2c2cccc(Cl)c2)cc1. The smallest absolute Gasteiger partial charge is 0.304 e. The maximum Gasteiger partial charge on any atom is 0.304 e. The van der Waals surface area contributed by atoms with E-state index in [1.807, 2.05) is 39.0 Å². The minimum Gasteiger partial charge on any atom is -0.481 e. The van der Waals surface area contributed by atoms with E-state index >= 15 is 0 Å². The van der Waals surface area contributed by atoms with Crippen molar-refractivity contribution >= 4 is 45.1 Å². The highest BCUT2D eigenvalue weighted by Crippen LogP contribution is 2.41. The van der Waals surface area contributed by atoms with Crippen molar-refractivity contribution in [1.82, 2.24) is 10.0 Å². The Hall–Kier alpha value is -2.91. The third-order valence-corrected chi connectivity index (χ3v) is 10.1. The Morgan fingerprint density at radius 2 is 1.68 bits per heavy atom. The van der Waals surface area contributed by atoms with E-state index in [-0.39, 0.29) is 35.0 Å². The number of piperidine rings is 1. The van der Waals surface area contributed by atoms with Crippen molar-refractivity contribution < 1.29 is 23.1 Å². The summed E-state index contributed by atoms with van der Waals surface area (Å²) < 4.78 is 30.0. The van der Waals surface area contributed by atoms with Gasteiger partial charge in [0.1, 0.15) is 0 Å². The van der Waals surface area contributed by atoms with Crippen molar-refractivity contribution in [3.05, 3.63) is 99.5 Å². The molecule has 3 aromatic carbocycles. The Bertz CT molecular complexity index is 1500. The van der Waals surface area contributed by atoms with Crippen LogP contribution in [-0.4, -0.2) is 31.4 Å². The first-order valence-corrected chi connectivity index (χ1v) is 15.7. The maximum absolute atomic E-state index is 13.5. The molecule has 0 saturated carbocycles. The molecule has 7 nitrogen and oxygen atoms in total. The number of nitrogens with one attached hydrogen (secondary N) is 2. The number of carboxylic acid groups (broad SMARTS) is 1. The number of halogens is 2. The van der Waals surface area contributed by atoms with E-state index < -0.39 is 34.0 Å². The second-order valence-electron chi connectivity index (χ2n) is 10.9. The third kappa shape index (κ3) is 7.49. The van der Waals surface area contributed by atoms with Crippen LogP contribution in [0.1, 0.15) is 55.3 Å². The van der Waals surface area contributed by atoms with E-state index in [2.05, 4.69) is 10.0 Å².